The van der Waals surface area contributed by atoms with E-state index in [1.54, 1.807) is 19.4 Å². The van der Waals surface area contributed by atoms with Crippen molar-refractivity contribution in [1.29, 1.82) is 5.26 Å². The summed E-state index contributed by atoms with van der Waals surface area (Å²) in [5, 5.41) is 12.6. The molecule has 1 amide bonds. The van der Waals surface area contributed by atoms with Gasteiger partial charge in [-0.05, 0) is 49.8 Å². The Labute approximate surface area is 222 Å². The number of hydrogen-bond donors (Lipinski definition) is 2. The first-order chi connectivity index (χ1) is 17.5. The third kappa shape index (κ3) is 10.6. The SMILES string of the molecule is C=C(C#N)C/C(=C/CC(=C)C(=C)N[C@@H](C)C1=CC=C(C(=C)CC)CC=C1)n1cncc1C.CCC(N)=O. The molecule has 1 aromatic heterocycles. The number of amides is 1. The van der Waals surface area contributed by atoms with Gasteiger partial charge in [-0.15, -0.1) is 0 Å². The molecule has 1 heterocycles. The van der Waals surface area contributed by atoms with Crippen LogP contribution in [0.4, 0.5) is 0 Å². The van der Waals surface area contributed by atoms with Crippen molar-refractivity contribution >= 4 is 11.6 Å². The Kier molecular flexibility index (Phi) is 13.2. The van der Waals surface area contributed by atoms with Crippen molar-refractivity contribution in [1.82, 2.24) is 14.9 Å². The number of nitriles is 1. The van der Waals surface area contributed by atoms with Gasteiger partial charge >= 0.3 is 0 Å². The molecule has 2 rings (SSSR count). The lowest BCUT2D eigenvalue weighted by molar-refractivity contribution is -0.117. The topological polar surface area (TPSA) is 96.7 Å². The number of imidazole rings is 1. The summed E-state index contributed by atoms with van der Waals surface area (Å²) in [6.07, 6.45) is 17.7. The largest absolute Gasteiger partial charge is 0.379 e. The van der Waals surface area contributed by atoms with E-state index in [1.165, 1.54) is 16.7 Å². The van der Waals surface area contributed by atoms with Gasteiger partial charge in [0.25, 0.3) is 0 Å². The first-order valence-electron chi connectivity index (χ1n) is 12.5. The molecule has 0 bridgehead atoms. The number of carbonyl (C=O) groups is 1. The molecule has 3 N–H and O–H groups in total. The highest BCUT2D eigenvalue weighted by Gasteiger charge is 2.11. The molecular weight excluding hydrogens is 458 g/mol. The van der Waals surface area contributed by atoms with Gasteiger partial charge in [0.2, 0.25) is 5.91 Å². The predicted molar refractivity (Wildman–Crippen MR) is 155 cm³/mol. The third-order valence-electron chi connectivity index (χ3n) is 5.94. The summed E-state index contributed by atoms with van der Waals surface area (Å²) in [7, 11) is 0. The molecular formula is C31H41N5O. The fourth-order valence-corrected chi connectivity index (χ4v) is 3.41. The van der Waals surface area contributed by atoms with Crippen LogP contribution in [-0.4, -0.2) is 21.5 Å². The van der Waals surface area contributed by atoms with E-state index in [0.29, 0.717) is 24.8 Å². The van der Waals surface area contributed by atoms with Crippen molar-refractivity contribution in [3.8, 4) is 6.07 Å². The molecule has 196 valence electrons. The molecule has 1 aliphatic rings. The molecule has 0 radical (unpaired) electrons. The molecule has 0 fully saturated rings. The van der Waals surface area contributed by atoms with Crippen LogP contribution < -0.4 is 11.1 Å². The molecule has 1 aromatic rings. The number of nitrogens with zero attached hydrogens (tertiary/aromatic N) is 3. The quantitative estimate of drug-likeness (QED) is 0.250. The van der Waals surface area contributed by atoms with Crippen LogP contribution in [0.25, 0.3) is 5.70 Å². The number of nitrogens with one attached hydrogen (secondary N) is 1. The van der Waals surface area contributed by atoms with E-state index in [4.69, 9.17) is 5.26 Å². The molecule has 6 nitrogen and oxygen atoms in total. The number of nitrogens with two attached hydrogens (primary N) is 1. The summed E-state index contributed by atoms with van der Waals surface area (Å²) in [4.78, 5) is 13.8. The van der Waals surface area contributed by atoms with Crippen molar-refractivity contribution in [2.75, 3.05) is 0 Å². The molecule has 37 heavy (non-hydrogen) atoms. The van der Waals surface area contributed by atoms with Gasteiger partial charge in [-0.3, -0.25) is 4.79 Å². The average molecular weight is 500 g/mol. The summed E-state index contributed by atoms with van der Waals surface area (Å²) in [5.41, 5.74) is 12.5. The normalized spacial score (nSPS) is 13.5. The molecule has 0 spiro atoms. The van der Waals surface area contributed by atoms with Gasteiger partial charge < -0.3 is 15.6 Å². The number of rotatable bonds is 12. The minimum absolute atomic E-state index is 0.0960. The molecule has 6 heteroatoms. The fourth-order valence-electron chi connectivity index (χ4n) is 3.41. The molecule has 1 atom stereocenters. The lowest BCUT2D eigenvalue weighted by Crippen LogP contribution is -2.27. The zero-order chi connectivity index (χ0) is 28.0. The lowest BCUT2D eigenvalue weighted by Gasteiger charge is -2.19. The second-order valence-corrected chi connectivity index (χ2v) is 8.89. The van der Waals surface area contributed by atoms with Crippen LogP contribution in [0.5, 0.6) is 0 Å². The standard InChI is InChI=1S/C28H34N4.C3H7NO/c1-8-21(3)26-10-9-11-27(14-13-26)25(7)31-24(6)22(4)12-15-28(16-20(2)17-29)32-19-30-18-23(32)5;1-2-3(4)5/h9,11,13-15,18-19,25,31H,2-4,6,8,10,12,16H2,1,5,7H3;2H2,1H3,(H2,4,5)/b28-15-;/t25-;/m0./s1. The van der Waals surface area contributed by atoms with Gasteiger partial charge in [-0.25, -0.2) is 4.98 Å². The zero-order valence-corrected chi connectivity index (χ0v) is 22.8. The number of aromatic nitrogens is 2. The number of allylic oxidation sites excluding steroid dienone is 9. The molecule has 0 saturated carbocycles. The molecule has 0 aliphatic heterocycles. The minimum atomic E-state index is -0.245. The zero-order valence-electron chi connectivity index (χ0n) is 22.8. The van der Waals surface area contributed by atoms with Gasteiger partial charge in [-0.2, -0.15) is 5.26 Å². The second-order valence-electron chi connectivity index (χ2n) is 8.89. The van der Waals surface area contributed by atoms with E-state index in [1.807, 2.05) is 11.5 Å². The highest BCUT2D eigenvalue weighted by molar-refractivity contribution is 5.73. The van der Waals surface area contributed by atoms with E-state index >= 15 is 0 Å². The van der Waals surface area contributed by atoms with Crippen LogP contribution in [0.3, 0.4) is 0 Å². The third-order valence-corrected chi connectivity index (χ3v) is 5.94. The second kappa shape index (κ2) is 15.8. The Hall–Kier alpha value is -4.11. The van der Waals surface area contributed by atoms with Gasteiger partial charge in [-0.1, -0.05) is 76.1 Å². The Bertz CT molecular complexity index is 1180. The maximum Gasteiger partial charge on any atom is 0.217 e. The minimum Gasteiger partial charge on any atom is -0.379 e. The number of primary amides is 1. The van der Waals surface area contributed by atoms with Crippen molar-refractivity contribution in [2.24, 2.45) is 5.73 Å². The average Bonchev–Trinajstić information content (AvgIpc) is 3.15. The fraction of sp³-hybridized carbons (Fsp3) is 0.323. The Balaban J connectivity index is 0.00000124. The van der Waals surface area contributed by atoms with Gasteiger partial charge in [0.15, 0.2) is 0 Å². The lowest BCUT2D eigenvalue weighted by atomic mass is 10.0. The maximum atomic E-state index is 9.59. The number of hydrogen-bond acceptors (Lipinski definition) is 4. The first kappa shape index (κ1) is 30.9. The maximum absolute atomic E-state index is 9.59. The summed E-state index contributed by atoms with van der Waals surface area (Å²) in [5.74, 6) is -0.245. The van der Waals surface area contributed by atoms with E-state index in [0.717, 1.165) is 35.5 Å². The molecule has 0 aromatic carbocycles. The van der Waals surface area contributed by atoms with Gasteiger partial charge in [0.1, 0.15) is 0 Å². The Morgan fingerprint density at radius 3 is 2.49 bits per heavy atom. The first-order valence-corrected chi connectivity index (χ1v) is 12.5. The van der Waals surface area contributed by atoms with Crippen LogP contribution in [0.1, 0.15) is 58.6 Å². The van der Waals surface area contributed by atoms with Gasteiger partial charge in [0, 0.05) is 47.7 Å². The summed E-state index contributed by atoms with van der Waals surface area (Å²) in [6.45, 7) is 24.3. The van der Waals surface area contributed by atoms with Crippen molar-refractivity contribution in [3.63, 3.8) is 0 Å². The highest BCUT2D eigenvalue weighted by atomic mass is 16.1. The van der Waals surface area contributed by atoms with Crippen LogP contribution in [0.2, 0.25) is 0 Å². The van der Waals surface area contributed by atoms with Crippen molar-refractivity contribution in [3.05, 3.63) is 108 Å². The summed E-state index contributed by atoms with van der Waals surface area (Å²) in [6, 6.07) is 2.22. The van der Waals surface area contributed by atoms with Crippen molar-refractivity contribution < 1.29 is 4.79 Å². The highest BCUT2D eigenvalue weighted by Crippen LogP contribution is 2.23. The summed E-state index contributed by atoms with van der Waals surface area (Å²) >= 11 is 0. The van der Waals surface area contributed by atoms with E-state index < -0.39 is 0 Å². The smallest absolute Gasteiger partial charge is 0.217 e. The molecule has 0 unspecified atom stereocenters. The van der Waals surface area contributed by atoms with E-state index in [2.05, 4.69) is 92.6 Å². The van der Waals surface area contributed by atoms with E-state index in [-0.39, 0.29) is 11.9 Å². The monoisotopic (exact) mass is 499 g/mol. The molecule has 0 saturated heterocycles. The number of aryl methyl sites for hydroxylation is 1. The van der Waals surface area contributed by atoms with Crippen LogP contribution in [0.15, 0.2) is 103 Å². The van der Waals surface area contributed by atoms with Crippen LogP contribution in [0, 0.1) is 18.3 Å². The predicted octanol–water partition coefficient (Wildman–Crippen LogP) is 6.60. The van der Waals surface area contributed by atoms with E-state index in [9.17, 15) is 4.79 Å². The number of carbonyl (C=O) groups excluding carboxylic acids is 1. The van der Waals surface area contributed by atoms with Crippen LogP contribution >= 0.6 is 0 Å². The Morgan fingerprint density at radius 1 is 1.27 bits per heavy atom. The molecule has 1 aliphatic carbocycles. The van der Waals surface area contributed by atoms with Crippen molar-refractivity contribution in [2.45, 2.75) is 65.8 Å². The summed E-state index contributed by atoms with van der Waals surface area (Å²) < 4.78 is 1.98. The Morgan fingerprint density at radius 2 is 1.95 bits per heavy atom. The van der Waals surface area contributed by atoms with Crippen LogP contribution in [-0.2, 0) is 4.79 Å². The van der Waals surface area contributed by atoms with Gasteiger partial charge in [0.05, 0.1) is 12.4 Å².